The first-order valence-corrected chi connectivity index (χ1v) is 5.73. The van der Waals surface area contributed by atoms with E-state index in [1.807, 2.05) is 6.92 Å². The SMILES string of the molecule is CCOC(=S)Sc1ccc(F)c(CN)c1. The third-order valence-electron chi connectivity index (χ3n) is 1.70. The summed E-state index contributed by atoms with van der Waals surface area (Å²) in [5.74, 6) is -0.288. The summed E-state index contributed by atoms with van der Waals surface area (Å²) in [6.07, 6.45) is 0. The number of hydrogen-bond donors (Lipinski definition) is 1. The molecule has 0 bridgehead atoms. The van der Waals surface area contributed by atoms with Crippen LogP contribution < -0.4 is 5.73 Å². The molecule has 1 aromatic carbocycles. The molecule has 1 rings (SSSR count). The molecule has 1 aromatic rings. The lowest BCUT2D eigenvalue weighted by atomic mass is 10.2. The fourth-order valence-corrected chi connectivity index (χ4v) is 2.13. The molecule has 0 atom stereocenters. The van der Waals surface area contributed by atoms with Crippen LogP contribution in [0.1, 0.15) is 12.5 Å². The largest absolute Gasteiger partial charge is 0.479 e. The van der Waals surface area contributed by atoms with Crippen LogP contribution >= 0.6 is 24.0 Å². The lowest BCUT2D eigenvalue weighted by Crippen LogP contribution is -2.00. The van der Waals surface area contributed by atoms with Gasteiger partial charge in [0.25, 0.3) is 0 Å². The summed E-state index contributed by atoms with van der Waals surface area (Å²) in [6, 6.07) is 4.73. The number of hydrogen-bond acceptors (Lipinski definition) is 4. The van der Waals surface area contributed by atoms with Crippen LogP contribution in [0.2, 0.25) is 0 Å². The average molecular weight is 245 g/mol. The molecular formula is C10H12FNOS2. The number of thiocarbonyl (C=S) groups is 1. The minimum atomic E-state index is -0.288. The maximum Gasteiger partial charge on any atom is 0.224 e. The Hall–Kier alpha value is -0.650. The minimum absolute atomic E-state index is 0.182. The zero-order chi connectivity index (χ0) is 11.3. The molecule has 0 aliphatic carbocycles. The number of benzene rings is 1. The monoisotopic (exact) mass is 245 g/mol. The second kappa shape index (κ2) is 6.05. The molecule has 0 aliphatic heterocycles. The molecule has 2 N–H and O–H groups in total. The summed E-state index contributed by atoms with van der Waals surface area (Å²) < 4.78 is 18.7. The van der Waals surface area contributed by atoms with Gasteiger partial charge in [-0.3, -0.25) is 0 Å². The lowest BCUT2D eigenvalue weighted by molar-refractivity contribution is 0.346. The van der Waals surface area contributed by atoms with Gasteiger partial charge in [-0.1, -0.05) is 0 Å². The van der Waals surface area contributed by atoms with E-state index >= 15 is 0 Å². The predicted octanol–water partition coefficient (Wildman–Crippen LogP) is 2.70. The van der Waals surface area contributed by atoms with Crippen molar-refractivity contribution in [3.8, 4) is 0 Å². The molecule has 0 aromatic heterocycles. The molecule has 0 radical (unpaired) electrons. The first-order valence-electron chi connectivity index (χ1n) is 4.50. The number of thioether (sulfide) groups is 1. The molecule has 0 amide bonds. The van der Waals surface area contributed by atoms with Crippen LogP contribution in [0.4, 0.5) is 4.39 Å². The first-order chi connectivity index (χ1) is 7.17. The van der Waals surface area contributed by atoms with E-state index in [0.29, 0.717) is 16.6 Å². The highest BCUT2D eigenvalue weighted by atomic mass is 32.2. The summed E-state index contributed by atoms with van der Waals surface area (Å²) in [7, 11) is 0. The van der Waals surface area contributed by atoms with Crippen LogP contribution in [0.3, 0.4) is 0 Å². The van der Waals surface area contributed by atoms with Crippen molar-refractivity contribution in [2.24, 2.45) is 5.73 Å². The van der Waals surface area contributed by atoms with Crippen LogP contribution in [0.5, 0.6) is 0 Å². The van der Waals surface area contributed by atoms with Crippen molar-refractivity contribution < 1.29 is 9.13 Å². The van der Waals surface area contributed by atoms with Gasteiger partial charge in [0.2, 0.25) is 4.38 Å². The van der Waals surface area contributed by atoms with Gasteiger partial charge in [-0.05, 0) is 49.1 Å². The van der Waals surface area contributed by atoms with E-state index in [1.54, 1.807) is 12.1 Å². The van der Waals surface area contributed by atoms with E-state index in [1.165, 1.54) is 17.8 Å². The molecule has 15 heavy (non-hydrogen) atoms. The first kappa shape index (κ1) is 12.4. The van der Waals surface area contributed by atoms with Crippen LogP contribution in [-0.4, -0.2) is 11.0 Å². The van der Waals surface area contributed by atoms with Gasteiger partial charge in [-0.15, -0.1) is 0 Å². The molecule has 5 heteroatoms. The topological polar surface area (TPSA) is 35.2 Å². The second-order valence-electron chi connectivity index (χ2n) is 2.74. The third-order valence-corrected chi connectivity index (χ3v) is 2.84. The third kappa shape index (κ3) is 3.77. The Kier molecular flexibility index (Phi) is 5.01. The van der Waals surface area contributed by atoms with Gasteiger partial charge in [-0.25, -0.2) is 4.39 Å². The number of halogens is 1. The Morgan fingerprint density at radius 3 is 2.93 bits per heavy atom. The lowest BCUT2D eigenvalue weighted by Gasteiger charge is -2.06. The van der Waals surface area contributed by atoms with Gasteiger partial charge in [0, 0.05) is 17.0 Å². The minimum Gasteiger partial charge on any atom is -0.479 e. The van der Waals surface area contributed by atoms with Gasteiger partial charge in [-0.2, -0.15) is 0 Å². The zero-order valence-electron chi connectivity index (χ0n) is 8.33. The van der Waals surface area contributed by atoms with Crippen LogP contribution in [0, 0.1) is 5.82 Å². The fraction of sp³-hybridized carbons (Fsp3) is 0.300. The van der Waals surface area contributed by atoms with Crippen LogP contribution in [0.15, 0.2) is 23.1 Å². The highest BCUT2D eigenvalue weighted by Crippen LogP contribution is 2.22. The molecule has 0 aliphatic rings. The molecule has 2 nitrogen and oxygen atoms in total. The maximum absolute atomic E-state index is 13.1. The van der Waals surface area contributed by atoms with E-state index in [0.717, 1.165) is 4.90 Å². The van der Waals surface area contributed by atoms with Crippen molar-refractivity contribution >= 4 is 28.4 Å². The Morgan fingerprint density at radius 1 is 1.60 bits per heavy atom. The zero-order valence-corrected chi connectivity index (χ0v) is 9.96. The van der Waals surface area contributed by atoms with Crippen LogP contribution in [-0.2, 0) is 11.3 Å². The fourth-order valence-electron chi connectivity index (χ4n) is 1.01. The standard InChI is InChI=1S/C10H12FNOS2/c1-2-13-10(14)15-8-3-4-9(11)7(5-8)6-12/h3-5H,2,6,12H2,1H3. The van der Waals surface area contributed by atoms with Gasteiger partial charge in [0.05, 0.1) is 6.61 Å². The molecule has 82 valence electrons. The Morgan fingerprint density at radius 2 is 2.33 bits per heavy atom. The Balaban J connectivity index is 2.74. The second-order valence-corrected chi connectivity index (χ2v) is 4.42. The normalized spacial score (nSPS) is 10.1. The van der Waals surface area contributed by atoms with E-state index in [9.17, 15) is 4.39 Å². The molecule has 0 saturated heterocycles. The smallest absolute Gasteiger partial charge is 0.224 e. The summed E-state index contributed by atoms with van der Waals surface area (Å²) >= 11 is 6.26. The van der Waals surface area contributed by atoms with E-state index in [-0.39, 0.29) is 12.4 Å². The Bertz CT molecular complexity index is 357. The van der Waals surface area contributed by atoms with Crippen LogP contribution in [0.25, 0.3) is 0 Å². The quantitative estimate of drug-likeness (QED) is 0.656. The number of nitrogens with two attached hydrogens (primary N) is 1. The molecule has 0 heterocycles. The van der Waals surface area contributed by atoms with E-state index in [2.05, 4.69) is 0 Å². The van der Waals surface area contributed by atoms with Crippen molar-refractivity contribution in [1.29, 1.82) is 0 Å². The summed E-state index contributed by atoms with van der Waals surface area (Å²) in [5, 5.41) is 0. The van der Waals surface area contributed by atoms with Gasteiger partial charge < -0.3 is 10.5 Å². The predicted molar refractivity (Wildman–Crippen MR) is 64.4 cm³/mol. The molecular weight excluding hydrogens is 233 g/mol. The Labute approximate surface area is 98.0 Å². The van der Waals surface area contributed by atoms with Crippen molar-refractivity contribution in [2.45, 2.75) is 18.4 Å². The number of ether oxygens (including phenoxy) is 1. The summed E-state index contributed by atoms with van der Waals surface area (Å²) in [4.78, 5) is 0.843. The van der Waals surface area contributed by atoms with Crippen molar-refractivity contribution in [3.05, 3.63) is 29.6 Å². The summed E-state index contributed by atoms with van der Waals surface area (Å²) in [6.45, 7) is 2.58. The van der Waals surface area contributed by atoms with Gasteiger partial charge >= 0.3 is 0 Å². The highest BCUT2D eigenvalue weighted by molar-refractivity contribution is 8.22. The maximum atomic E-state index is 13.1. The molecule has 0 unspecified atom stereocenters. The molecule has 0 spiro atoms. The molecule has 0 fully saturated rings. The summed E-state index contributed by atoms with van der Waals surface area (Å²) in [5.41, 5.74) is 5.88. The molecule has 0 saturated carbocycles. The number of rotatable bonds is 3. The van der Waals surface area contributed by atoms with E-state index < -0.39 is 0 Å². The highest BCUT2D eigenvalue weighted by Gasteiger charge is 2.05. The van der Waals surface area contributed by atoms with E-state index in [4.69, 9.17) is 22.7 Å². The van der Waals surface area contributed by atoms with Crippen molar-refractivity contribution in [2.75, 3.05) is 6.61 Å². The van der Waals surface area contributed by atoms with Gasteiger partial charge in [0.1, 0.15) is 5.82 Å². The van der Waals surface area contributed by atoms with Crippen molar-refractivity contribution in [1.82, 2.24) is 0 Å². The average Bonchev–Trinajstić information content (AvgIpc) is 2.21. The van der Waals surface area contributed by atoms with Gasteiger partial charge in [0.15, 0.2) is 0 Å². The van der Waals surface area contributed by atoms with Crippen molar-refractivity contribution in [3.63, 3.8) is 0 Å².